The number of carbonyl (C=O) groups excluding carboxylic acids is 2. The third kappa shape index (κ3) is 3.40. The van der Waals surface area contributed by atoms with E-state index in [9.17, 15) is 9.59 Å². The highest BCUT2D eigenvalue weighted by Crippen LogP contribution is 2.45. The number of ketones is 1. The number of ether oxygens (including phenoxy) is 1. The second-order valence-electron chi connectivity index (χ2n) is 8.56. The number of Topliss-reactive ketones (excluding diaryl/α,β-unsaturated/α-hetero) is 1. The Kier molecular flexibility index (Phi) is 5.29. The van der Waals surface area contributed by atoms with Crippen LogP contribution in [0.2, 0.25) is 5.02 Å². The molecule has 1 spiro atoms. The lowest BCUT2D eigenvalue weighted by atomic mass is 9.78. The number of halogens is 1. The first kappa shape index (κ1) is 20.2. The van der Waals surface area contributed by atoms with E-state index in [0.717, 1.165) is 59.1 Å². The van der Waals surface area contributed by atoms with E-state index in [1.165, 1.54) is 0 Å². The van der Waals surface area contributed by atoms with Crippen LogP contribution in [0.1, 0.15) is 66.7 Å². The zero-order chi connectivity index (χ0) is 20.8. The van der Waals surface area contributed by atoms with Gasteiger partial charge < -0.3 is 4.74 Å². The summed E-state index contributed by atoms with van der Waals surface area (Å²) in [6.07, 6.45) is 5.38. The zero-order valence-corrected chi connectivity index (χ0v) is 18.1. The molecule has 1 heterocycles. The Bertz CT molecular complexity index is 967. The Morgan fingerprint density at radius 1 is 0.931 bits per heavy atom. The molecule has 4 rings (SSSR count). The number of rotatable bonds is 2. The molecule has 1 saturated heterocycles. The molecule has 2 aliphatic rings. The average Bonchev–Trinajstić information content (AvgIpc) is 2.82. The summed E-state index contributed by atoms with van der Waals surface area (Å²) in [6.45, 7) is 6.06. The van der Waals surface area contributed by atoms with Crippen LogP contribution in [0.4, 0.5) is 0 Å². The van der Waals surface area contributed by atoms with Crippen LogP contribution in [0.25, 0.3) is 11.1 Å². The fourth-order valence-corrected chi connectivity index (χ4v) is 5.40. The van der Waals surface area contributed by atoms with Crippen LogP contribution in [-0.4, -0.2) is 17.4 Å². The summed E-state index contributed by atoms with van der Waals surface area (Å²) in [5.74, 6) is -1.24. The minimum Gasteiger partial charge on any atom is -0.450 e. The monoisotopic (exact) mass is 410 g/mol. The molecule has 2 aromatic rings. The predicted molar refractivity (Wildman–Crippen MR) is 115 cm³/mol. The summed E-state index contributed by atoms with van der Waals surface area (Å²) < 4.78 is 5.84. The van der Waals surface area contributed by atoms with Gasteiger partial charge in [-0.1, -0.05) is 42.6 Å². The summed E-state index contributed by atoms with van der Waals surface area (Å²) in [5.41, 5.74) is 5.07. The first-order chi connectivity index (χ1) is 13.8. The molecule has 0 radical (unpaired) electrons. The Hall–Kier alpha value is -2.13. The van der Waals surface area contributed by atoms with Gasteiger partial charge in [0.25, 0.3) is 0 Å². The molecule has 4 heteroatoms. The van der Waals surface area contributed by atoms with Gasteiger partial charge in [0, 0.05) is 5.02 Å². The van der Waals surface area contributed by atoms with Gasteiger partial charge in [-0.25, -0.2) is 0 Å². The molecule has 0 aromatic heterocycles. The van der Waals surface area contributed by atoms with Crippen molar-refractivity contribution in [2.45, 2.75) is 70.8 Å². The smallest absolute Gasteiger partial charge is 0.322 e. The van der Waals surface area contributed by atoms with Crippen molar-refractivity contribution in [3.8, 4) is 11.1 Å². The summed E-state index contributed by atoms with van der Waals surface area (Å²) in [7, 11) is 0. The maximum Gasteiger partial charge on any atom is 0.322 e. The molecule has 3 nitrogen and oxygen atoms in total. The molecule has 152 valence electrons. The van der Waals surface area contributed by atoms with Crippen molar-refractivity contribution >= 4 is 23.4 Å². The van der Waals surface area contributed by atoms with E-state index in [0.29, 0.717) is 17.9 Å². The number of carbonyl (C=O) groups is 2. The number of esters is 1. The van der Waals surface area contributed by atoms with E-state index in [1.807, 2.05) is 38.1 Å². The highest BCUT2D eigenvalue weighted by atomic mass is 35.5. The molecule has 1 aliphatic carbocycles. The van der Waals surface area contributed by atoms with Crippen molar-refractivity contribution in [1.29, 1.82) is 0 Å². The summed E-state index contributed by atoms with van der Waals surface area (Å²) in [5, 5.41) is 0.682. The van der Waals surface area contributed by atoms with Crippen LogP contribution in [0.5, 0.6) is 0 Å². The van der Waals surface area contributed by atoms with E-state index in [1.54, 1.807) is 0 Å². The second kappa shape index (κ2) is 7.60. The van der Waals surface area contributed by atoms with E-state index in [2.05, 4.69) is 13.0 Å². The zero-order valence-electron chi connectivity index (χ0n) is 17.3. The highest BCUT2D eigenvalue weighted by molar-refractivity contribution is 6.30. The fraction of sp³-hybridized carbons (Fsp3) is 0.440. The third-order valence-corrected chi connectivity index (χ3v) is 6.86. The Morgan fingerprint density at radius 2 is 1.55 bits per heavy atom. The Morgan fingerprint density at radius 3 is 2.17 bits per heavy atom. The van der Waals surface area contributed by atoms with Crippen molar-refractivity contribution < 1.29 is 14.3 Å². The standard InChI is InChI=1S/C25H27ClO3/c1-15-14-16(2)21(17(3)20(15)18-8-10-19(26)11-9-18)22-23(27)25(29-24(22)28)12-6-4-5-7-13-25/h8-11,14,22H,4-7,12-13H2,1-3H3. The van der Waals surface area contributed by atoms with Gasteiger partial charge in [0.15, 0.2) is 11.4 Å². The number of aryl methyl sites for hydroxylation is 2. The molecular formula is C25H27ClO3. The molecule has 2 fully saturated rings. The van der Waals surface area contributed by atoms with Gasteiger partial charge in [-0.3, -0.25) is 9.59 Å². The van der Waals surface area contributed by atoms with E-state index in [4.69, 9.17) is 16.3 Å². The predicted octanol–water partition coefficient (Wildman–Crippen LogP) is 6.23. The van der Waals surface area contributed by atoms with Gasteiger partial charge in [-0.05, 0) is 92.0 Å². The summed E-state index contributed by atoms with van der Waals surface area (Å²) >= 11 is 6.07. The third-order valence-electron chi connectivity index (χ3n) is 6.61. The van der Waals surface area contributed by atoms with E-state index in [-0.39, 0.29) is 11.8 Å². The highest BCUT2D eigenvalue weighted by Gasteiger charge is 2.55. The maximum atomic E-state index is 13.6. The van der Waals surface area contributed by atoms with Gasteiger partial charge in [0.05, 0.1) is 0 Å². The quantitative estimate of drug-likeness (QED) is 0.435. The van der Waals surface area contributed by atoms with Gasteiger partial charge in [0.1, 0.15) is 5.92 Å². The largest absolute Gasteiger partial charge is 0.450 e. The molecule has 0 bridgehead atoms. The average molecular weight is 411 g/mol. The number of hydrogen-bond acceptors (Lipinski definition) is 3. The summed E-state index contributed by atoms with van der Waals surface area (Å²) in [6, 6.07) is 9.78. The fourth-order valence-electron chi connectivity index (χ4n) is 5.27. The maximum absolute atomic E-state index is 13.6. The first-order valence-corrected chi connectivity index (χ1v) is 10.9. The van der Waals surface area contributed by atoms with Crippen LogP contribution in [0.3, 0.4) is 0 Å². The lowest BCUT2D eigenvalue weighted by Gasteiger charge is -2.24. The van der Waals surface area contributed by atoms with Crippen molar-refractivity contribution in [2.75, 3.05) is 0 Å². The SMILES string of the molecule is Cc1cc(C)c(C2C(=O)OC3(CCCCCC3)C2=O)c(C)c1-c1ccc(Cl)cc1. The van der Waals surface area contributed by atoms with Crippen molar-refractivity contribution in [1.82, 2.24) is 0 Å². The Labute approximate surface area is 177 Å². The molecule has 1 saturated carbocycles. The van der Waals surface area contributed by atoms with Gasteiger partial charge >= 0.3 is 5.97 Å². The summed E-state index contributed by atoms with van der Waals surface area (Å²) in [4.78, 5) is 26.6. The molecule has 1 aliphatic heterocycles. The Balaban J connectivity index is 1.83. The van der Waals surface area contributed by atoms with E-state index < -0.39 is 11.5 Å². The minimum absolute atomic E-state index is 0.0403. The molecule has 2 aromatic carbocycles. The normalized spacial score (nSPS) is 21.3. The van der Waals surface area contributed by atoms with E-state index >= 15 is 0 Å². The van der Waals surface area contributed by atoms with Crippen LogP contribution in [0.15, 0.2) is 30.3 Å². The number of hydrogen-bond donors (Lipinski definition) is 0. The van der Waals surface area contributed by atoms with Crippen LogP contribution in [0, 0.1) is 20.8 Å². The lowest BCUT2D eigenvalue weighted by Crippen LogP contribution is -2.36. The lowest BCUT2D eigenvalue weighted by molar-refractivity contribution is -0.153. The molecule has 1 atom stereocenters. The van der Waals surface area contributed by atoms with Crippen molar-refractivity contribution in [3.63, 3.8) is 0 Å². The topological polar surface area (TPSA) is 43.4 Å². The molecule has 1 unspecified atom stereocenters. The van der Waals surface area contributed by atoms with Crippen LogP contribution >= 0.6 is 11.6 Å². The second-order valence-corrected chi connectivity index (χ2v) is 8.99. The molecule has 0 N–H and O–H groups in total. The van der Waals surface area contributed by atoms with Gasteiger partial charge in [-0.2, -0.15) is 0 Å². The van der Waals surface area contributed by atoms with Crippen LogP contribution < -0.4 is 0 Å². The first-order valence-electron chi connectivity index (χ1n) is 10.5. The number of benzene rings is 2. The van der Waals surface area contributed by atoms with Crippen LogP contribution in [-0.2, 0) is 14.3 Å². The minimum atomic E-state index is -0.914. The van der Waals surface area contributed by atoms with Gasteiger partial charge in [0.2, 0.25) is 0 Å². The van der Waals surface area contributed by atoms with Crippen molar-refractivity contribution in [3.05, 3.63) is 57.6 Å². The van der Waals surface area contributed by atoms with Crippen molar-refractivity contribution in [2.24, 2.45) is 0 Å². The molecular weight excluding hydrogens is 384 g/mol. The molecule has 0 amide bonds. The van der Waals surface area contributed by atoms with Gasteiger partial charge in [-0.15, -0.1) is 0 Å². The molecule has 29 heavy (non-hydrogen) atoms.